The first-order valence-electron chi connectivity index (χ1n) is 7.00. The number of benzene rings is 1. The van der Waals surface area contributed by atoms with Gasteiger partial charge in [-0.3, -0.25) is 0 Å². The van der Waals surface area contributed by atoms with Gasteiger partial charge in [-0.1, -0.05) is 18.6 Å². The van der Waals surface area contributed by atoms with E-state index in [9.17, 15) is 0 Å². The molecule has 0 radical (unpaired) electrons. The molecular weight excluding hydrogens is 220 g/mol. The predicted molar refractivity (Wildman–Crippen MR) is 77.1 cm³/mol. The summed E-state index contributed by atoms with van der Waals surface area (Å²) >= 11 is 0. The molecule has 18 heavy (non-hydrogen) atoms. The van der Waals surface area contributed by atoms with Gasteiger partial charge < -0.3 is 9.47 Å². The van der Waals surface area contributed by atoms with Gasteiger partial charge in [-0.2, -0.15) is 0 Å². The Morgan fingerprint density at radius 2 is 2.06 bits per heavy atom. The molecule has 1 unspecified atom stereocenters. The number of likely N-dealkylation sites (tertiary alicyclic amines) is 1. The van der Waals surface area contributed by atoms with E-state index in [1.807, 2.05) is 0 Å². The van der Waals surface area contributed by atoms with Crippen molar-refractivity contribution in [3.63, 3.8) is 0 Å². The zero-order valence-corrected chi connectivity index (χ0v) is 11.4. The number of fused-ring (bicyclic) bond motifs is 1. The Labute approximate surface area is 109 Å². The summed E-state index contributed by atoms with van der Waals surface area (Å²) in [5, 5.41) is 1.37. The SMILES string of the molecule is Cc1ccc2ccn(C3CCCCN(C)C3)c2c1. The van der Waals surface area contributed by atoms with E-state index in [0.717, 1.165) is 0 Å². The van der Waals surface area contributed by atoms with Crippen molar-refractivity contribution >= 4 is 10.9 Å². The fourth-order valence-electron chi connectivity index (χ4n) is 3.11. The Bertz CT molecular complexity index is 541. The van der Waals surface area contributed by atoms with Gasteiger partial charge in [-0.05, 0) is 56.4 Å². The van der Waals surface area contributed by atoms with Crippen molar-refractivity contribution in [1.29, 1.82) is 0 Å². The largest absolute Gasteiger partial charge is 0.343 e. The van der Waals surface area contributed by atoms with Crippen LogP contribution in [-0.4, -0.2) is 29.6 Å². The zero-order valence-electron chi connectivity index (χ0n) is 11.4. The molecule has 0 spiro atoms. The lowest BCUT2D eigenvalue weighted by molar-refractivity contribution is 0.301. The Morgan fingerprint density at radius 3 is 2.94 bits per heavy atom. The van der Waals surface area contributed by atoms with Gasteiger partial charge in [0.25, 0.3) is 0 Å². The molecule has 2 heteroatoms. The summed E-state index contributed by atoms with van der Waals surface area (Å²) < 4.78 is 2.49. The number of nitrogens with zero attached hydrogens (tertiary/aromatic N) is 2. The highest BCUT2D eigenvalue weighted by Crippen LogP contribution is 2.26. The van der Waals surface area contributed by atoms with Crippen molar-refractivity contribution in [2.75, 3.05) is 20.1 Å². The van der Waals surface area contributed by atoms with Crippen LogP contribution in [0.1, 0.15) is 30.9 Å². The average Bonchev–Trinajstić information content (AvgIpc) is 2.64. The molecule has 0 bridgehead atoms. The van der Waals surface area contributed by atoms with E-state index in [-0.39, 0.29) is 0 Å². The van der Waals surface area contributed by atoms with Crippen LogP contribution in [0.15, 0.2) is 30.5 Å². The van der Waals surface area contributed by atoms with Gasteiger partial charge in [0.05, 0.1) is 0 Å². The van der Waals surface area contributed by atoms with E-state index >= 15 is 0 Å². The zero-order chi connectivity index (χ0) is 12.5. The molecule has 1 atom stereocenters. The average molecular weight is 242 g/mol. The molecule has 0 amide bonds. The van der Waals surface area contributed by atoms with Crippen molar-refractivity contribution in [3.8, 4) is 0 Å². The van der Waals surface area contributed by atoms with Crippen LogP contribution in [0.3, 0.4) is 0 Å². The Hall–Kier alpha value is -1.28. The molecule has 1 aliphatic rings. The maximum Gasteiger partial charge on any atom is 0.0485 e. The van der Waals surface area contributed by atoms with Crippen molar-refractivity contribution < 1.29 is 0 Å². The van der Waals surface area contributed by atoms with Crippen LogP contribution in [0.4, 0.5) is 0 Å². The maximum atomic E-state index is 2.49. The highest BCUT2D eigenvalue weighted by Gasteiger charge is 2.18. The normalized spacial score (nSPS) is 22.2. The first-order valence-corrected chi connectivity index (χ1v) is 7.00. The molecule has 2 aromatic rings. The second-order valence-corrected chi connectivity index (χ2v) is 5.70. The fourth-order valence-corrected chi connectivity index (χ4v) is 3.11. The van der Waals surface area contributed by atoms with Crippen LogP contribution in [0.2, 0.25) is 0 Å². The molecule has 2 nitrogen and oxygen atoms in total. The van der Waals surface area contributed by atoms with E-state index < -0.39 is 0 Å². The van der Waals surface area contributed by atoms with E-state index in [4.69, 9.17) is 0 Å². The molecule has 2 heterocycles. The van der Waals surface area contributed by atoms with Crippen LogP contribution in [0, 0.1) is 6.92 Å². The van der Waals surface area contributed by atoms with Gasteiger partial charge in [0, 0.05) is 24.3 Å². The molecule has 96 valence electrons. The lowest BCUT2D eigenvalue weighted by atomic mass is 10.1. The Morgan fingerprint density at radius 1 is 1.17 bits per heavy atom. The van der Waals surface area contributed by atoms with Crippen molar-refractivity contribution in [1.82, 2.24) is 9.47 Å². The number of aryl methyl sites for hydroxylation is 1. The smallest absolute Gasteiger partial charge is 0.0485 e. The third-order valence-electron chi connectivity index (χ3n) is 4.12. The third-order valence-corrected chi connectivity index (χ3v) is 4.12. The van der Waals surface area contributed by atoms with E-state index in [1.165, 1.54) is 48.8 Å². The summed E-state index contributed by atoms with van der Waals surface area (Å²) in [5.41, 5.74) is 2.75. The molecule has 0 aliphatic carbocycles. The summed E-state index contributed by atoms with van der Waals surface area (Å²) in [7, 11) is 2.25. The predicted octanol–water partition coefficient (Wildman–Crippen LogP) is 3.61. The number of aromatic nitrogens is 1. The fraction of sp³-hybridized carbons (Fsp3) is 0.500. The van der Waals surface area contributed by atoms with Crippen LogP contribution in [0.25, 0.3) is 10.9 Å². The van der Waals surface area contributed by atoms with Crippen LogP contribution < -0.4 is 0 Å². The Balaban J connectivity index is 1.99. The van der Waals surface area contributed by atoms with E-state index in [2.05, 4.69) is 53.9 Å². The highest BCUT2D eigenvalue weighted by atomic mass is 15.1. The van der Waals surface area contributed by atoms with Crippen LogP contribution in [0.5, 0.6) is 0 Å². The minimum absolute atomic E-state index is 0.636. The molecular formula is C16H22N2. The molecule has 0 N–H and O–H groups in total. The van der Waals surface area contributed by atoms with Gasteiger partial charge in [0.15, 0.2) is 0 Å². The number of likely N-dealkylation sites (N-methyl/N-ethyl adjacent to an activating group) is 1. The van der Waals surface area contributed by atoms with Crippen molar-refractivity contribution in [3.05, 3.63) is 36.0 Å². The summed E-state index contributed by atoms with van der Waals surface area (Å²) in [4.78, 5) is 2.47. The maximum absolute atomic E-state index is 2.49. The van der Waals surface area contributed by atoms with E-state index in [0.29, 0.717) is 6.04 Å². The number of hydrogen-bond donors (Lipinski definition) is 0. The first-order chi connectivity index (χ1) is 8.74. The number of hydrogen-bond acceptors (Lipinski definition) is 1. The minimum atomic E-state index is 0.636. The van der Waals surface area contributed by atoms with E-state index in [1.54, 1.807) is 0 Å². The molecule has 1 saturated heterocycles. The van der Waals surface area contributed by atoms with Gasteiger partial charge in [-0.15, -0.1) is 0 Å². The van der Waals surface area contributed by atoms with Gasteiger partial charge in [0.2, 0.25) is 0 Å². The van der Waals surface area contributed by atoms with Gasteiger partial charge in [-0.25, -0.2) is 0 Å². The van der Waals surface area contributed by atoms with Crippen LogP contribution in [-0.2, 0) is 0 Å². The Kier molecular flexibility index (Phi) is 3.13. The standard InChI is InChI=1S/C16H22N2/c1-13-6-7-14-8-10-18(16(14)11-13)15-5-3-4-9-17(2)12-15/h6-8,10-11,15H,3-5,9,12H2,1-2H3. The van der Waals surface area contributed by atoms with Crippen LogP contribution >= 0.6 is 0 Å². The summed E-state index contributed by atoms with van der Waals surface area (Å²) in [6.45, 7) is 4.60. The third kappa shape index (κ3) is 2.17. The lowest BCUT2D eigenvalue weighted by Crippen LogP contribution is -2.25. The van der Waals surface area contributed by atoms with Gasteiger partial charge >= 0.3 is 0 Å². The lowest BCUT2D eigenvalue weighted by Gasteiger charge is -2.22. The molecule has 0 saturated carbocycles. The second-order valence-electron chi connectivity index (χ2n) is 5.70. The highest BCUT2D eigenvalue weighted by molar-refractivity contribution is 5.80. The van der Waals surface area contributed by atoms with Gasteiger partial charge in [0.1, 0.15) is 0 Å². The quantitative estimate of drug-likeness (QED) is 0.741. The molecule has 1 aliphatic heterocycles. The monoisotopic (exact) mass is 242 g/mol. The molecule has 1 fully saturated rings. The molecule has 1 aromatic heterocycles. The summed E-state index contributed by atoms with van der Waals surface area (Å²) in [5.74, 6) is 0. The van der Waals surface area contributed by atoms with Crippen molar-refractivity contribution in [2.45, 2.75) is 32.2 Å². The minimum Gasteiger partial charge on any atom is -0.343 e. The second kappa shape index (κ2) is 4.77. The number of rotatable bonds is 1. The molecule has 1 aromatic carbocycles. The molecule has 3 rings (SSSR count). The topological polar surface area (TPSA) is 8.17 Å². The van der Waals surface area contributed by atoms with Crippen molar-refractivity contribution in [2.24, 2.45) is 0 Å². The summed E-state index contributed by atoms with van der Waals surface area (Å²) in [6, 6.07) is 9.64. The first kappa shape index (κ1) is 11.8. The summed E-state index contributed by atoms with van der Waals surface area (Å²) in [6.07, 6.45) is 6.27.